The van der Waals surface area contributed by atoms with Crippen molar-refractivity contribution in [3.63, 3.8) is 0 Å². The standard InChI is InChI=1S/C13H14O3/c1-8(6-14)12-7-16-13-5-10(9(2)15)3-4-11(12)13/h3-5,7-8,14H,6H2,1-2H3. The Hall–Kier alpha value is -1.61. The number of Topliss-reactive ketones (excluding diaryl/α,β-unsaturated/α-hetero) is 1. The van der Waals surface area contributed by atoms with E-state index in [4.69, 9.17) is 9.52 Å². The number of hydrogen-bond acceptors (Lipinski definition) is 3. The molecule has 0 amide bonds. The number of carbonyl (C=O) groups is 1. The molecule has 0 spiro atoms. The number of aliphatic hydroxyl groups excluding tert-OH is 1. The maximum absolute atomic E-state index is 11.2. The highest BCUT2D eigenvalue weighted by atomic mass is 16.3. The third kappa shape index (κ3) is 1.74. The Morgan fingerprint density at radius 2 is 2.25 bits per heavy atom. The number of benzene rings is 1. The Bertz CT molecular complexity index is 525. The molecule has 0 saturated carbocycles. The molecular formula is C13H14O3. The first kappa shape index (κ1) is 10.9. The molecule has 0 aliphatic rings. The van der Waals surface area contributed by atoms with Crippen LogP contribution in [-0.4, -0.2) is 17.5 Å². The normalized spacial score (nSPS) is 12.9. The van der Waals surface area contributed by atoms with E-state index in [1.165, 1.54) is 6.92 Å². The van der Waals surface area contributed by atoms with E-state index in [0.717, 1.165) is 10.9 Å². The minimum Gasteiger partial charge on any atom is -0.464 e. The molecule has 3 nitrogen and oxygen atoms in total. The Labute approximate surface area is 93.7 Å². The van der Waals surface area contributed by atoms with E-state index in [0.29, 0.717) is 11.1 Å². The number of hydrogen-bond donors (Lipinski definition) is 1. The Kier molecular flexibility index (Phi) is 2.79. The molecule has 0 aliphatic carbocycles. The molecule has 0 radical (unpaired) electrons. The molecule has 0 bridgehead atoms. The highest BCUT2D eigenvalue weighted by Crippen LogP contribution is 2.28. The van der Waals surface area contributed by atoms with Crippen LogP contribution in [0.15, 0.2) is 28.9 Å². The first-order valence-electron chi connectivity index (χ1n) is 5.26. The lowest BCUT2D eigenvalue weighted by Gasteiger charge is -2.04. The van der Waals surface area contributed by atoms with Crippen LogP contribution in [0.25, 0.3) is 11.0 Å². The lowest BCUT2D eigenvalue weighted by Crippen LogP contribution is -1.97. The Morgan fingerprint density at radius 1 is 1.50 bits per heavy atom. The number of fused-ring (bicyclic) bond motifs is 1. The molecule has 0 aliphatic heterocycles. The molecular weight excluding hydrogens is 204 g/mol. The van der Waals surface area contributed by atoms with Crippen LogP contribution in [0.3, 0.4) is 0 Å². The smallest absolute Gasteiger partial charge is 0.159 e. The van der Waals surface area contributed by atoms with Gasteiger partial charge in [-0.3, -0.25) is 4.79 Å². The summed E-state index contributed by atoms with van der Waals surface area (Å²) >= 11 is 0. The van der Waals surface area contributed by atoms with Gasteiger partial charge >= 0.3 is 0 Å². The molecule has 1 aromatic heterocycles. The van der Waals surface area contributed by atoms with Crippen molar-refractivity contribution in [2.75, 3.05) is 6.61 Å². The molecule has 0 fully saturated rings. The molecule has 1 aromatic carbocycles. The van der Waals surface area contributed by atoms with Gasteiger partial charge in [-0.2, -0.15) is 0 Å². The number of rotatable bonds is 3. The Morgan fingerprint density at radius 3 is 2.88 bits per heavy atom. The SMILES string of the molecule is CC(=O)c1ccc2c(C(C)CO)coc2c1. The van der Waals surface area contributed by atoms with Gasteiger partial charge in [-0.1, -0.05) is 19.1 Å². The summed E-state index contributed by atoms with van der Waals surface area (Å²) in [6, 6.07) is 5.40. The van der Waals surface area contributed by atoms with Gasteiger partial charge in [0.25, 0.3) is 0 Å². The lowest BCUT2D eigenvalue weighted by atomic mass is 10.00. The largest absolute Gasteiger partial charge is 0.464 e. The molecule has 84 valence electrons. The summed E-state index contributed by atoms with van der Waals surface area (Å²) in [4.78, 5) is 11.2. The molecule has 0 saturated heterocycles. The van der Waals surface area contributed by atoms with E-state index < -0.39 is 0 Å². The van der Waals surface area contributed by atoms with Gasteiger partial charge in [0.1, 0.15) is 5.58 Å². The van der Waals surface area contributed by atoms with Gasteiger partial charge in [0, 0.05) is 29.0 Å². The molecule has 3 heteroatoms. The summed E-state index contributed by atoms with van der Waals surface area (Å²) in [7, 11) is 0. The monoisotopic (exact) mass is 218 g/mol. The van der Waals surface area contributed by atoms with E-state index in [2.05, 4.69) is 0 Å². The fourth-order valence-corrected chi connectivity index (χ4v) is 1.75. The number of ketones is 1. The van der Waals surface area contributed by atoms with Crippen molar-refractivity contribution in [2.24, 2.45) is 0 Å². The molecule has 1 atom stereocenters. The van der Waals surface area contributed by atoms with Crippen molar-refractivity contribution in [1.29, 1.82) is 0 Å². The molecule has 1 N–H and O–H groups in total. The topological polar surface area (TPSA) is 50.4 Å². The van der Waals surface area contributed by atoms with E-state index in [1.807, 2.05) is 13.0 Å². The van der Waals surface area contributed by atoms with E-state index in [9.17, 15) is 4.79 Å². The number of furan rings is 1. The Balaban J connectivity index is 2.54. The average molecular weight is 218 g/mol. The number of aliphatic hydroxyl groups is 1. The molecule has 16 heavy (non-hydrogen) atoms. The molecule has 2 aromatic rings. The second-order valence-electron chi connectivity index (χ2n) is 4.04. The summed E-state index contributed by atoms with van der Waals surface area (Å²) < 4.78 is 5.40. The predicted octanol–water partition coefficient (Wildman–Crippen LogP) is 2.73. The van der Waals surface area contributed by atoms with Crippen LogP contribution in [0.1, 0.15) is 35.7 Å². The van der Waals surface area contributed by atoms with Crippen molar-refractivity contribution in [2.45, 2.75) is 19.8 Å². The van der Waals surface area contributed by atoms with Crippen LogP contribution in [-0.2, 0) is 0 Å². The second-order valence-corrected chi connectivity index (χ2v) is 4.04. The van der Waals surface area contributed by atoms with Gasteiger partial charge < -0.3 is 9.52 Å². The lowest BCUT2D eigenvalue weighted by molar-refractivity contribution is 0.101. The van der Waals surface area contributed by atoms with Crippen LogP contribution >= 0.6 is 0 Å². The van der Waals surface area contributed by atoms with Crippen LogP contribution < -0.4 is 0 Å². The van der Waals surface area contributed by atoms with E-state index >= 15 is 0 Å². The maximum Gasteiger partial charge on any atom is 0.159 e. The summed E-state index contributed by atoms with van der Waals surface area (Å²) in [5.41, 5.74) is 2.32. The van der Waals surface area contributed by atoms with Gasteiger partial charge in [-0.05, 0) is 13.0 Å². The zero-order chi connectivity index (χ0) is 11.7. The van der Waals surface area contributed by atoms with Crippen LogP contribution in [0.4, 0.5) is 0 Å². The summed E-state index contributed by atoms with van der Waals surface area (Å²) in [5.74, 6) is 0.0690. The number of carbonyl (C=O) groups excluding carboxylic acids is 1. The first-order chi connectivity index (χ1) is 7.63. The maximum atomic E-state index is 11.2. The van der Waals surface area contributed by atoms with Crippen molar-refractivity contribution in [1.82, 2.24) is 0 Å². The third-order valence-electron chi connectivity index (χ3n) is 2.82. The molecule has 1 unspecified atom stereocenters. The van der Waals surface area contributed by atoms with Crippen molar-refractivity contribution in [3.8, 4) is 0 Å². The van der Waals surface area contributed by atoms with Crippen molar-refractivity contribution >= 4 is 16.8 Å². The van der Waals surface area contributed by atoms with Crippen LogP contribution in [0.5, 0.6) is 0 Å². The van der Waals surface area contributed by atoms with Gasteiger partial charge in [-0.15, -0.1) is 0 Å². The zero-order valence-corrected chi connectivity index (χ0v) is 9.36. The highest BCUT2D eigenvalue weighted by Gasteiger charge is 2.13. The minimum atomic E-state index is 0.0232. The van der Waals surface area contributed by atoms with Crippen molar-refractivity contribution < 1.29 is 14.3 Å². The van der Waals surface area contributed by atoms with Crippen LogP contribution in [0, 0.1) is 0 Å². The van der Waals surface area contributed by atoms with Gasteiger partial charge in [0.15, 0.2) is 5.78 Å². The quantitative estimate of drug-likeness (QED) is 0.806. The molecule has 2 rings (SSSR count). The fourth-order valence-electron chi connectivity index (χ4n) is 1.75. The summed E-state index contributed by atoms with van der Waals surface area (Å²) in [6.07, 6.45) is 1.65. The van der Waals surface area contributed by atoms with Crippen LogP contribution in [0.2, 0.25) is 0 Å². The summed E-state index contributed by atoms with van der Waals surface area (Å²) in [6.45, 7) is 3.55. The second kappa shape index (κ2) is 4.10. The first-order valence-corrected chi connectivity index (χ1v) is 5.26. The minimum absolute atomic E-state index is 0.0232. The molecule has 1 heterocycles. The van der Waals surface area contributed by atoms with Gasteiger partial charge in [-0.25, -0.2) is 0 Å². The third-order valence-corrected chi connectivity index (χ3v) is 2.82. The zero-order valence-electron chi connectivity index (χ0n) is 9.36. The van der Waals surface area contributed by atoms with E-state index in [-0.39, 0.29) is 18.3 Å². The fraction of sp³-hybridized carbons (Fsp3) is 0.308. The predicted molar refractivity (Wildman–Crippen MR) is 61.7 cm³/mol. The highest BCUT2D eigenvalue weighted by molar-refractivity contribution is 5.97. The van der Waals surface area contributed by atoms with Gasteiger partial charge in [0.05, 0.1) is 6.26 Å². The van der Waals surface area contributed by atoms with E-state index in [1.54, 1.807) is 18.4 Å². The average Bonchev–Trinajstić information content (AvgIpc) is 2.70. The van der Waals surface area contributed by atoms with Gasteiger partial charge in [0.2, 0.25) is 0 Å². The summed E-state index contributed by atoms with van der Waals surface area (Å²) in [5, 5.41) is 10.1. The van der Waals surface area contributed by atoms with Crippen molar-refractivity contribution in [3.05, 3.63) is 35.6 Å².